The zero-order chi connectivity index (χ0) is 11.5. The zero-order valence-electron chi connectivity index (χ0n) is 9.69. The van der Waals surface area contributed by atoms with E-state index in [0.717, 1.165) is 12.8 Å². The minimum absolute atomic E-state index is 0.115. The lowest BCUT2D eigenvalue weighted by Crippen LogP contribution is -2.27. The Kier molecular flexibility index (Phi) is 3.54. The van der Waals surface area contributed by atoms with E-state index in [1.54, 1.807) is 11.8 Å². The van der Waals surface area contributed by atoms with E-state index in [0.29, 0.717) is 0 Å². The maximum atomic E-state index is 11.6. The van der Waals surface area contributed by atoms with E-state index < -0.39 is 0 Å². The third-order valence-electron chi connectivity index (χ3n) is 2.92. The van der Waals surface area contributed by atoms with Crippen molar-refractivity contribution in [3.63, 3.8) is 0 Å². The molecule has 1 aromatic rings. The summed E-state index contributed by atoms with van der Waals surface area (Å²) in [5, 5.41) is 3.05. The quantitative estimate of drug-likeness (QED) is 0.813. The first-order valence-corrected chi connectivity index (χ1v) is 6.87. The highest BCUT2D eigenvalue weighted by Crippen LogP contribution is 2.29. The second-order valence-corrected chi connectivity index (χ2v) is 5.16. The fourth-order valence-corrected chi connectivity index (χ4v) is 2.06. The second kappa shape index (κ2) is 4.91. The number of thioether (sulfide) groups is 1. The molecule has 1 aromatic carbocycles. The van der Waals surface area contributed by atoms with Crippen molar-refractivity contribution in [2.75, 3.05) is 6.26 Å². The van der Waals surface area contributed by atoms with Gasteiger partial charge in [0.1, 0.15) is 0 Å². The minimum atomic E-state index is 0.115. The van der Waals surface area contributed by atoms with Gasteiger partial charge in [0.2, 0.25) is 5.91 Å². The van der Waals surface area contributed by atoms with Gasteiger partial charge in [0.05, 0.1) is 6.04 Å². The Morgan fingerprint density at radius 2 is 2.00 bits per heavy atom. The lowest BCUT2D eigenvalue weighted by molar-refractivity contribution is -0.122. The Balaban J connectivity index is 1.96. The summed E-state index contributed by atoms with van der Waals surface area (Å²) in [5.74, 6) is 0.495. The molecular formula is C13H17NOS. The molecule has 1 amide bonds. The maximum absolute atomic E-state index is 11.6. The maximum Gasteiger partial charge on any atom is 0.223 e. The number of amides is 1. The fraction of sp³-hybridized carbons (Fsp3) is 0.462. The van der Waals surface area contributed by atoms with Gasteiger partial charge in [-0.3, -0.25) is 4.79 Å². The average molecular weight is 235 g/mol. The largest absolute Gasteiger partial charge is 0.349 e. The van der Waals surface area contributed by atoms with Crippen LogP contribution in [0.5, 0.6) is 0 Å². The Bertz CT molecular complexity index is 370. The molecule has 1 saturated carbocycles. The Morgan fingerprint density at radius 1 is 1.38 bits per heavy atom. The molecule has 0 aromatic heterocycles. The highest BCUT2D eigenvalue weighted by Gasteiger charge is 2.30. The Hall–Kier alpha value is -0.960. The average Bonchev–Trinajstić information content (AvgIpc) is 3.13. The van der Waals surface area contributed by atoms with Gasteiger partial charge in [-0.2, -0.15) is 0 Å². The highest BCUT2D eigenvalue weighted by atomic mass is 32.2. The third kappa shape index (κ3) is 2.79. The SMILES string of the molecule is CSc1ccc([C@H](C)NC(=O)C2CC2)cc1. The molecule has 0 saturated heterocycles. The summed E-state index contributed by atoms with van der Waals surface area (Å²) in [6, 6.07) is 8.48. The van der Waals surface area contributed by atoms with Gasteiger partial charge >= 0.3 is 0 Å². The zero-order valence-corrected chi connectivity index (χ0v) is 10.5. The monoisotopic (exact) mass is 235 g/mol. The van der Waals surface area contributed by atoms with E-state index in [-0.39, 0.29) is 17.9 Å². The molecule has 0 aliphatic heterocycles. The molecule has 2 rings (SSSR count). The summed E-state index contributed by atoms with van der Waals surface area (Å²) in [5.41, 5.74) is 1.17. The molecule has 1 fully saturated rings. The van der Waals surface area contributed by atoms with Crippen molar-refractivity contribution in [2.45, 2.75) is 30.7 Å². The summed E-state index contributed by atoms with van der Waals surface area (Å²) in [6.45, 7) is 2.04. The molecule has 0 spiro atoms. The predicted molar refractivity (Wildman–Crippen MR) is 67.5 cm³/mol. The van der Waals surface area contributed by atoms with Crippen LogP contribution in [0.15, 0.2) is 29.2 Å². The summed E-state index contributed by atoms with van der Waals surface area (Å²) < 4.78 is 0. The van der Waals surface area contributed by atoms with Crippen LogP contribution in [0.1, 0.15) is 31.4 Å². The van der Waals surface area contributed by atoms with Crippen molar-refractivity contribution in [3.05, 3.63) is 29.8 Å². The summed E-state index contributed by atoms with van der Waals surface area (Å²) in [6.07, 6.45) is 4.18. The molecule has 1 aliphatic carbocycles. The topological polar surface area (TPSA) is 29.1 Å². The van der Waals surface area contributed by atoms with Crippen molar-refractivity contribution < 1.29 is 4.79 Å². The molecule has 0 bridgehead atoms. The highest BCUT2D eigenvalue weighted by molar-refractivity contribution is 7.98. The Morgan fingerprint density at radius 3 is 2.50 bits per heavy atom. The Labute approximate surface area is 101 Å². The predicted octanol–water partition coefficient (Wildman–Crippen LogP) is 3.00. The van der Waals surface area contributed by atoms with Gasteiger partial charge in [-0.25, -0.2) is 0 Å². The molecule has 2 nitrogen and oxygen atoms in total. The molecular weight excluding hydrogens is 218 g/mol. The smallest absolute Gasteiger partial charge is 0.223 e. The third-order valence-corrected chi connectivity index (χ3v) is 3.67. The van der Waals surface area contributed by atoms with Crippen LogP contribution in [0.25, 0.3) is 0 Å². The van der Waals surface area contributed by atoms with E-state index in [1.165, 1.54) is 10.5 Å². The number of benzene rings is 1. The lowest BCUT2D eigenvalue weighted by atomic mass is 10.1. The number of nitrogens with one attached hydrogen (secondary N) is 1. The van der Waals surface area contributed by atoms with Crippen molar-refractivity contribution in [1.82, 2.24) is 5.32 Å². The first kappa shape index (κ1) is 11.5. The van der Waals surface area contributed by atoms with Crippen molar-refractivity contribution in [2.24, 2.45) is 5.92 Å². The van der Waals surface area contributed by atoms with Crippen LogP contribution in [0.3, 0.4) is 0 Å². The molecule has 1 aliphatic rings. The van der Waals surface area contributed by atoms with Gasteiger partial charge in [0.15, 0.2) is 0 Å². The number of rotatable bonds is 4. The fourth-order valence-electron chi connectivity index (χ4n) is 1.65. The van der Waals surface area contributed by atoms with Gasteiger partial charge in [0, 0.05) is 10.8 Å². The summed E-state index contributed by atoms with van der Waals surface area (Å²) >= 11 is 1.73. The first-order chi connectivity index (χ1) is 7.70. The molecule has 16 heavy (non-hydrogen) atoms. The molecule has 1 N–H and O–H groups in total. The molecule has 3 heteroatoms. The minimum Gasteiger partial charge on any atom is -0.349 e. The van der Waals surface area contributed by atoms with Crippen LogP contribution in [0.4, 0.5) is 0 Å². The molecule has 0 radical (unpaired) electrons. The van der Waals surface area contributed by atoms with E-state index in [1.807, 2.05) is 6.92 Å². The normalized spacial score (nSPS) is 16.9. The van der Waals surface area contributed by atoms with Gasteiger partial charge in [-0.05, 0) is 43.7 Å². The van der Waals surface area contributed by atoms with Crippen LogP contribution in [-0.2, 0) is 4.79 Å². The summed E-state index contributed by atoms with van der Waals surface area (Å²) in [4.78, 5) is 12.9. The van der Waals surface area contributed by atoms with Crippen LogP contribution >= 0.6 is 11.8 Å². The molecule has 0 heterocycles. The molecule has 86 valence electrons. The number of hydrogen-bond acceptors (Lipinski definition) is 2. The number of carbonyl (C=O) groups excluding carboxylic acids is 1. The summed E-state index contributed by atoms with van der Waals surface area (Å²) in [7, 11) is 0. The molecule has 1 atom stereocenters. The van der Waals surface area contributed by atoms with Crippen molar-refractivity contribution >= 4 is 17.7 Å². The van der Waals surface area contributed by atoms with Crippen LogP contribution in [-0.4, -0.2) is 12.2 Å². The van der Waals surface area contributed by atoms with E-state index in [4.69, 9.17) is 0 Å². The molecule has 0 unspecified atom stereocenters. The van der Waals surface area contributed by atoms with E-state index in [9.17, 15) is 4.79 Å². The standard InChI is InChI=1S/C13H17NOS/c1-9(14-13(15)11-3-4-11)10-5-7-12(16-2)8-6-10/h5-9,11H,3-4H2,1-2H3,(H,14,15)/t9-/m0/s1. The lowest BCUT2D eigenvalue weighted by Gasteiger charge is -2.14. The van der Waals surface area contributed by atoms with Gasteiger partial charge in [0.25, 0.3) is 0 Å². The second-order valence-electron chi connectivity index (χ2n) is 4.28. The van der Waals surface area contributed by atoms with Crippen molar-refractivity contribution in [1.29, 1.82) is 0 Å². The van der Waals surface area contributed by atoms with Crippen LogP contribution in [0.2, 0.25) is 0 Å². The first-order valence-electron chi connectivity index (χ1n) is 5.65. The number of carbonyl (C=O) groups is 1. The van der Waals surface area contributed by atoms with Gasteiger partial charge in [-0.1, -0.05) is 12.1 Å². The van der Waals surface area contributed by atoms with E-state index >= 15 is 0 Å². The van der Waals surface area contributed by atoms with E-state index in [2.05, 4.69) is 35.8 Å². The van der Waals surface area contributed by atoms with Crippen LogP contribution < -0.4 is 5.32 Å². The number of hydrogen-bond donors (Lipinski definition) is 1. The van der Waals surface area contributed by atoms with Gasteiger partial charge in [-0.15, -0.1) is 11.8 Å². The van der Waals surface area contributed by atoms with Crippen molar-refractivity contribution in [3.8, 4) is 0 Å². The van der Waals surface area contributed by atoms with Crippen LogP contribution in [0, 0.1) is 5.92 Å². The van der Waals surface area contributed by atoms with Gasteiger partial charge < -0.3 is 5.32 Å².